The lowest BCUT2D eigenvalue weighted by molar-refractivity contribution is 0.145. The van der Waals surface area contributed by atoms with Crippen LogP contribution in [0.3, 0.4) is 0 Å². The lowest BCUT2D eigenvalue weighted by Gasteiger charge is -2.32. The van der Waals surface area contributed by atoms with E-state index in [-0.39, 0.29) is 0 Å². The second-order valence-electron chi connectivity index (χ2n) is 11.4. The number of likely N-dealkylation sites (N-methyl/N-ethyl adjacent to an activating group) is 1. The predicted molar refractivity (Wildman–Crippen MR) is 183 cm³/mol. The van der Waals surface area contributed by atoms with Crippen LogP contribution in [-0.2, 0) is 0 Å². The summed E-state index contributed by atoms with van der Waals surface area (Å²) in [4.78, 5) is 31.1. The Morgan fingerprint density at radius 1 is 0.915 bits per heavy atom. The maximum atomic E-state index is 12.7. The summed E-state index contributed by atoms with van der Waals surface area (Å²) in [6.45, 7) is 6.98. The molecule has 14 heteroatoms. The van der Waals surface area contributed by atoms with Gasteiger partial charge in [0.1, 0.15) is 25.4 Å². The summed E-state index contributed by atoms with van der Waals surface area (Å²) < 4.78 is 23.9. The van der Waals surface area contributed by atoms with Crippen LogP contribution in [0, 0.1) is 0 Å². The van der Waals surface area contributed by atoms with Crippen molar-refractivity contribution in [1.82, 2.24) is 24.8 Å². The van der Waals surface area contributed by atoms with Crippen LogP contribution in [0.5, 0.6) is 23.0 Å². The van der Waals surface area contributed by atoms with Crippen molar-refractivity contribution in [2.24, 2.45) is 0 Å². The molecule has 2 aromatic heterocycles. The Morgan fingerprint density at radius 3 is 2.60 bits per heavy atom. The SMILES string of the molecule is COc1cc2c(Nc3ccc4nc(NC(=O)Nc5ccc6c(c5)OCCO6)sc4c3)ncnc2cc1OCCCN1CCN(C)CC1. The molecule has 3 N–H and O–H groups in total. The normalized spacial score (nSPS) is 15.0. The van der Waals surface area contributed by atoms with E-state index in [1.165, 1.54) is 17.7 Å². The van der Waals surface area contributed by atoms with Crippen molar-refractivity contribution in [3.63, 3.8) is 0 Å². The van der Waals surface area contributed by atoms with E-state index in [9.17, 15) is 4.79 Å². The number of carbonyl (C=O) groups is 1. The fourth-order valence-electron chi connectivity index (χ4n) is 5.55. The van der Waals surface area contributed by atoms with Gasteiger partial charge in [0.15, 0.2) is 28.1 Å². The third kappa shape index (κ3) is 7.24. The summed E-state index contributed by atoms with van der Waals surface area (Å²) in [5.41, 5.74) is 2.91. The van der Waals surface area contributed by atoms with Gasteiger partial charge in [0.25, 0.3) is 0 Å². The van der Waals surface area contributed by atoms with E-state index in [1.54, 1.807) is 25.3 Å². The van der Waals surface area contributed by atoms with Gasteiger partial charge < -0.3 is 39.4 Å². The number of nitrogens with one attached hydrogen (secondary N) is 3. The predicted octanol–water partition coefficient (Wildman–Crippen LogP) is 5.42. The quantitative estimate of drug-likeness (QED) is 0.166. The number of hydrogen-bond acceptors (Lipinski definition) is 12. The van der Waals surface area contributed by atoms with Gasteiger partial charge in [-0.15, -0.1) is 0 Å². The number of hydrogen-bond donors (Lipinski definition) is 3. The second kappa shape index (κ2) is 13.8. The minimum atomic E-state index is -0.404. The van der Waals surface area contributed by atoms with Gasteiger partial charge in [-0.25, -0.2) is 19.7 Å². The number of urea groups is 1. The minimum Gasteiger partial charge on any atom is -0.493 e. The first-order valence-electron chi connectivity index (χ1n) is 15.5. The zero-order valence-electron chi connectivity index (χ0n) is 26.2. The first-order chi connectivity index (χ1) is 23.0. The largest absolute Gasteiger partial charge is 0.493 e. The molecule has 2 aliphatic rings. The molecule has 0 bridgehead atoms. The molecule has 1 fully saturated rings. The Bertz CT molecular complexity index is 1890. The van der Waals surface area contributed by atoms with Crippen LogP contribution in [0.15, 0.2) is 54.9 Å². The maximum absolute atomic E-state index is 12.7. The molecule has 0 saturated carbocycles. The summed E-state index contributed by atoms with van der Waals surface area (Å²) in [7, 11) is 3.80. The van der Waals surface area contributed by atoms with Crippen LogP contribution in [0.2, 0.25) is 0 Å². The number of carbonyl (C=O) groups excluding carboxylic acids is 1. The summed E-state index contributed by atoms with van der Waals surface area (Å²) >= 11 is 1.37. The van der Waals surface area contributed by atoms with Gasteiger partial charge in [-0.3, -0.25) is 5.32 Å². The molecule has 4 heterocycles. The number of nitrogens with zero attached hydrogens (tertiary/aromatic N) is 5. The van der Waals surface area contributed by atoms with Gasteiger partial charge in [0.2, 0.25) is 0 Å². The molecule has 7 rings (SSSR count). The van der Waals surface area contributed by atoms with Crippen LogP contribution >= 0.6 is 11.3 Å². The number of amides is 2. The first-order valence-corrected chi connectivity index (χ1v) is 16.3. The highest BCUT2D eigenvalue weighted by molar-refractivity contribution is 7.22. The number of ether oxygens (including phenoxy) is 4. The lowest BCUT2D eigenvalue weighted by Crippen LogP contribution is -2.44. The smallest absolute Gasteiger partial charge is 0.325 e. The van der Waals surface area contributed by atoms with E-state index in [1.807, 2.05) is 30.3 Å². The topological polar surface area (TPSA) is 135 Å². The molecular weight excluding hydrogens is 620 g/mol. The molecule has 5 aromatic rings. The molecule has 0 radical (unpaired) electrons. The maximum Gasteiger partial charge on any atom is 0.325 e. The van der Waals surface area contributed by atoms with Crippen molar-refractivity contribution in [3.8, 4) is 23.0 Å². The number of fused-ring (bicyclic) bond motifs is 3. The molecule has 13 nitrogen and oxygen atoms in total. The zero-order chi connectivity index (χ0) is 32.2. The molecule has 47 heavy (non-hydrogen) atoms. The number of anilines is 4. The molecule has 0 atom stereocenters. The van der Waals surface area contributed by atoms with Crippen LogP contribution in [0.1, 0.15) is 6.42 Å². The monoisotopic (exact) mass is 656 g/mol. The number of aromatic nitrogens is 3. The summed E-state index contributed by atoms with van der Waals surface area (Å²) in [6, 6.07) is 14.5. The van der Waals surface area contributed by atoms with Gasteiger partial charge in [-0.1, -0.05) is 11.3 Å². The highest BCUT2D eigenvalue weighted by Crippen LogP contribution is 2.36. The number of piperazine rings is 1. The van der Waals surface area contributed by atoms with Gasteiger partial charge in [-0.05, 0) is 49.9 Å². The molecule has 0 aliphatic carbocycles. The summed E-state index contributed by atoms with van der Waals surface area (Å²) in [5.74, 6) is 3.18. The Kier molecular flexibility index (Phi) is 9.04. The van der Waals surface area contributed by atoms with E-state index in [2.05, 4.69) is 47.7 Å². The molecular formula is C33H36N8O5S. The molecule has 244 valence electrons. The van der Waals surface area contributed by atoms with Crippen molar-refractivity contribution in [3.05, 3.63) is 54.9 Å². The fourth-order valence-corrected chi connectivity index (χ4v) is 6.45. The van der Waals surface area contributed by atoms with Crippen molar-refractivity contribution in [2.45, 2.75) is 6.42 Å². The third-order valence-electron chi connectivity index (χ3n) is 8.06. The highest BCUT2D eigenvalue weighted by atomic mass is 32.1. The van der Waals surface area contributed by atoms with Crippen molar-refractivity contribution in [1.29, 1.82) is 0 Å². The standard InChI is InChI=1S/C33H36N8O5S/c1-40-9-11-41(12-10-40)8-3-13-44-29-19-25-23(18-27(29)43-2)31(35-20-34-25)36-22-4-6-24-30(17-22)47-33(38-24)39-32(42)37-21-5-7-26-28(16-21)46-15-14-45-26/h4-7,16-20H,3,8-15H2,1-2H3,(H,34,35,36)(H2,37,38,39,42). The van der Waals surface area contributed by atoms with Crippen LogP contribution in [0.4, 0.5) is 27.1 Å². The second-order valence-corrected chi connectivity index (χ2v) is 12.4. The lowest BCUT2D eigenvalue weighted by atomic mass is 10.2. The van der Waals surface area contributed by atoms with Crippen molar-refractivity contribution < 1.29 is 23.7 Å². The zero-order valence-corrected chi connectivity index (χ0v) is 27.1. The third-order valence-corrected chi connectivity index (χ3v) is 9.00. The average Bonchev–Trinajstić information content (AvgIpc) is 3.48. The van der Waals surface area contributed by atoms with E-state index in [4.69, 9.17) is 18.9 Å². The van der Waals surface area contributed by atoms with Crippen LogP contribution in [0.25, 0.3) is 21.1 Å². The fraction of sp³-hybridized carbons (Fsp3) is 0.333. The molecule has 2 aliphatic heterocycles. The number of methoxy groups -OCH3 is 1. The van der Waals surface area contributed by atoms with Gasteiger partial charge in [0, 0.05) is 61.6 Å². The van der Waals surface area contributed by atoms with E-state index in [0.29, 0.717) is 59.5 Å². The minimum absolute atomic E-state index is 0.404. The summed E-state index contributed by atoms with van der Waals surface area (Å²) in [5, 5.41) is 10.3. The molecule has 2 amide bonds. The molecule has 0 spiro atoms. The average molecular weight is 657 g/mol. The van der Waals surface area contributed by atoms with Gasteiger partial charge in [0.05, 0.1) is 29.5 Å². The Hall–Kier alpha value is -4.92. The Morgan fingerprint density at radius 2 is 1.74 bits per heavy atom. The Balaban J connectivity index is 0.999. The number of thiazole rings is 1. The van der Waals surface area contributed by atoms with E-state index in [0.717, 1.165) is 66.0 Å². The first kappa shape index (κ1) is 30.7. The number of rotatable bonds is 10. The van der Waals surface area contributed by atoms with Crippen LogP contribution in [-0.4, -0.2) is 97.5 Å². The van der Waals surface area contributed by atoms with Crippen molar-refractivity contribution >= 4 is 60.8 Å². The van der Waals surface area contributed by atoms with E-state index < -0.39 is 6.03 Å². The molecule has 1 saturated heterocycles. The van der Waals surface area contributed by atoms with Gasteiger partial charge in [-0.2, -0.15) is 0 Å². The summed E-state index contributed by atoms with van der Waals surface area (Å²) in [6.07, 6.45) is 2.46. The van der Waals surface area contributed by atoms with Crippen molar-refractivity contribution in [2.75, 3.05) is 82.7 Å². The van der Waals surface area contributed by atoms with Crippen LogP contribution < -0.4 is 34.9 Å². The molecule has 0 unspecified atom stereocenters. The Labute approximate surface area is 275 Å². The van der Waals surface area contributed by atoms with Gasteiger partial charge >= 0.3 is 6.03 Å². The van der Waals surface area contributed by atoms with E-state index >= 15 is 0 Å². The molecule has 3 aromatic carbocycles. The number of benzene rings is 3. The highest BCUT2D eigenvalue weighted by Gasteiger charge is 2.17.